The Morgan fingerprint density at radius 2 is 1.50 bits per heavy atom. The lowest BCUT2D eigenvalue weighted by molar-refractivity contribution is 0.105. The van der Waals surface area contributed by atoms with Gasteiger partial charge in [-0.05, 0) is 43.9 Å². The van der Waals surface area contributed by atoms with E-state index >= 15 is 0 Å². The predicted octanol–water partition coefficient (Wildman–Crippen LogP) is 7.54. The van der Waals surface area contributed by atoms with Crippen LogP contribution in [0.25, 0.3) is 0 Å². The number of allylic oxidation sites excluding steroid dienone is 2. The first-order chi connectivity index (χ1) is 9.70. The highest BCUT2D eigenvalue weighted by atomic mass is 14.4. The third-order valence-electron chi connectivity index (χ3n) is 4.95. The lowest BCUT2D eigenvalue weighted by Crippen LogP contribution is -2.30. The quantitative estimate of drug-likeness (QED) is 0.306. The summed E-state index contributed by atoms with van der Waals surface area (Å²) in [4.78, 5) is 0. The Labute approximate surface area is 129 Å². The smallest absolute Gasteiger partial charge is 0.0235 e. The minimum absolute atomic E-state index is 0.586. The van der Waals surface area contributed by atoms with Gasteiger partial charge in [-0.1, -0.05) is 84.8 Å². The Balaban J connectivity index is 5.10. The van der Waals surface area contributed by atoms with Gasteiger partial charge in [0.05, 0.1) is 0 Å². The van der Waals surface area contributed by atoms with Gasteiger partial charge in [0.15, 0.2) is 0 Å². The van der Waals surface area contributed by atoms with Crippen LogP contribution in [-0.2, 0) is 0 Å². The molecule has 0 saturated carbocycles. The highest BCUT2D eigenvalue weighted by Crippen LogP contribution is 2.46. The lowest BCUT2D eigenvalue weighted by atomic mass is 9.64. The molecule has 0 fully saturated rings. The molecule has 2 atom stereocenters. The molecule has 0 heteroatoms. The molecule has 0 heterocycles. The van der Waals surface area contributed by atoms with E-state index in [0.717, 1.165) is 5.92 Å². The summed E-state index contributed by atoms with van der Waals surface area (Å²) in [6.45, 7) is 11.6. The van der Waals surface area contributed by atoms with Crippen LogP contribution >= 0.6 is 0 Å². The third-order valence-corrected chi connectivity index (χ3v) is 4.95. The first-order valence-corrected chi connectivity index (χ1v) is 9.31. The molecule has 0 aromatic carbocycles. The fraction of sp³-hybridized carbons (Fsp3) is 0.900. The first kappa shape index (κ1) is 19.7. The Morgan fingerprint density at radius 1 is 0.800 bits per heavy atom. The molecule has 0 aromatic rings. The van der Waals surface area contributed by atoms with Crippen molar-refractivity contribution in [3.8, 4) is 0 Å². The van der Waals surface area contributed by atoms with Crippen molar-refractivity contribution in [1.82, 2.24) is 0 Å². The fourth-order valence-corrected chi connectivity index (χ4v) is 3.84. The van der Waals surface area contributed by atoms with Crippen LogP contribution < -0.4 is 0 Å². The van der Waals surface area contributed by atoms with Crippen molar-refractivity contribution >= 4 is 0 Å². The van der Waals surface area contributed by atoms with Crippen molar-refractivity contribution in [2.75, 3.05) is 0 Å². The summed E-state index contributed by atoms with van der Waals surface area (Å²) in [6.07, 6.45) is 20.0. The average molecular weight is 281 g/mol. The van der Waals surface area contributed by atoms with Gasteiger partial charge in [0.2, 0.25) is 0 Å². The predicted molar refractivity (Wildman–Crippen MR) is 94.2 cm³/mol. The van der Waals surface area contributed by atoms with Crippen LogP contribution in [0.2, 0.25) is 0 Å². The van der Waals surface area contributed by atoms with Gasteiger partial charge in [0.25, 0.3) is 0 Å². The van der Waals surface area contributed by atoms with E-state index in [1.54, 1.807) is 0 Å². The molecule has 0 aliphatic carbocycles. The highest BCUT2D eigenvalue weighted by Gasteiger charge is 2.35. The molecule has 0 amide bonds. The molecule has 0 aliphatic heterocycles. The summed E-state index contributed by atoms with van der Waals surface area (Å²) in [7, 11) is 0. The second-order valence-electron chi connectivity index (χ2n) is 6.62. The molecule has 120 valence electrons. The number of unbranched alkanes of at least 4 members (excludes halogenated alkanes) is 2. The Hall–Kier alpha value is -0.260. The molecule has 0 aromatic heterocycles. The highest BCUT2D eigenvalue weighted by molar-refractivity contribution is 4.93. The maximum absolute atomic E-state index is 2.44. The zero-order valence-corrected chi connectivity index (χ0v) is 15.0. The van der Waals surface area contributed by atoms with Crippen molar-refractivity contribution < 1.29 is 0 Å². The third kappa shape index (κ3) is 6.95. The van der Waals surface area contributed by atoms with Crippen molar-refractivity contribution in [2.24, 2.45) is 11.3 Å². The van der Waals surface area contributed by atoms with Gasteiger partial charge in [-0.3, -0.25) is 0 Å². The van der Waals surface area contributed by atoms with Crippen molar-refractivity contribution in [3.63, 3.8) is 0 Å². The molecular formula is C20H40. The Bertz CT molecular complexity index is 228. The van der Waals surface area contributed by atoms with Gasteiger partial charge in [-0.2, -0.15) is 0 Å². The lowest BCUT2D eigenvalue weighted by Gasteiger charge is -2.41. The van der Waals surface area contributed by atoms with Crippen molar-refractivity contribution in [1.29, 1.82) is 0 Å². The van der Waals surface area contributed by atoms with E-state index in [1.165, 1.54) is 70.6 Å². The minimum Gasteiger partial charge on any atom is -0.0916 e. The van der Waals surface area contributed by atoms with Crippen LogP contribution in [0.15, 0.2) is 12.2 Å². The number of hydrogen-bond donors (Lipinski definition) is 0. The monoisotopic (exact) mass is 280 g/mol. The molecule has 0 spiro atoms. The topological polar surface area (TPSA) is 0 Å². The van der Waals surface area contributed by atoms with Gasteiger partial charge in [-0.15, -0.1) is 0 Å². The van der Waals surface area contributed by atoms with E-state index in [1.807, 2.05) is 0 Å². The zero-order valence-electron chi connectivity index (χ0n) is 15.0. The molecule has 0 rings (SSSR count). The zero-order chi connectivity index (χ0) is 15.3. The van der Waals surface area contributed by atoms with E-state index in [-0.39, 0.29) is 0 Å². The van der Waals surface area contributed by atoms with Gasteiger partial charge in [0, 0.05) is 0 Å². The van der Waals surface area contributed by atoms with Crippen LogP contribution in [-0.4, -0.2) is 0 Å². The fourth-order valence-electron chi connectivity index (χ4n) is 3.84. The second kappa shape index (κ2) is 12.5. The first-order valence-electron chi connectivity index (χ1n) is 9.31. The minimum atomic E-state index is 0.586. The normalized spacial score (nSPS) is 16.4. The molecule has 20 heavy (non-hydrogen) atoms. The SMILES string of the molecule is CC=CCC(CCC)(CCCC)C(CCC)CCCC. The molecule has 0 bridgehead atoms. The van der Waals surface area contributed by atoms with E-state index in [0.29, 0.717) is 5.41 Å². The summed E-state index contributed by atoms with van der Waals surface area (Å²) in [6, 6.07) is 0. The standard InChI is InChI=1S/C20H40/c1-6-11-15-19(14-9-4)20(16-10-5,17-12-7-2)18-13-8-3/h7,12,19H,6,8-11,13-18H2,1-5H3. The van der Waals surface area contributed by atoms with Crippen LogP contribution in [0, 0.1) is 11.3 Å². The van der Waals surface area contributed by atoms with Gasteiger partial charge < -0.3 is 0 Å². The summed E-state index contributed by atoms with van der Waals surface area (Å²) in [5.41, 5.74) is 0.586. The van der Waals surface area contributed by atoms with Gasteiger partial charge >= 0.3 is 0 Å². The van der Waals surface area contributed by atoms with Crippen LogP contribution in [0.4, 0.5) is 0 Å². The van der Waals surface area contributed by atoms with E-state index in [2.05, 4.69) is 46.8 Å². The van der Waals surface area contributed by atoms with Crippen molar-refractivity contribution in [2.45, 2.75) is 105 Å². The summed E-state index contributed by atoms with van der Waals surface area (Å²) in [5, 5.41) is 0. The average Bonchev–Trinajstić information content (AvgIpc) is 2.46. The maximum Gasteiger partial charge on any atom is -0.0235 e. The molecule has 0 radical (unpaired) electrons. The van der Waals surface area contributed by atoms with Crippen LogP contribution in [0.3, 0.4) is 0 Å². The molecule has 2 unspecified atom stereocenters. The maximum atomic E-state index is 2.44. The molecular weight excluding hydrogens is 240 g/mol. The van der Waals surface area contributed by atoms with Crippen LogP contribution in [0.1, 0.15) is 105 Å². The molecule has 0 saturated heterocycles. The molecule has 0 N–H and O–H groups in total. The molecule has 0 aliphatic rings. The van der Waals surface area contributed by atoms with Gasteiger partial charge in [0.1, 0.15) is 0 Å². The summed E-state index contributed by atoms with van der Waals surface area (Å²) < 4.78 is 0. The Morgan fingerprint density at radius 3 is 2.00 bits per heavy atom. The van der Waals surface area contributed by atoms with E-state index in [4.69, 9.17) is 0 Å². The molecule has 0 nitrogen and oxygen atoms in total. The number of hydrogen-bond acceptors (Lipinski definition) is 0. The largest absolute Gasteiger partial charge is 0.0916 e. The van der Waals surface area contributed by atoms with Crippen molar-refractivity contribution in [3.05, 3.63) is 12.2 Å². The summed E-state index contributed by atoms with van der Waals surface area (Å²) in [5.74, 6) is 0.940. The van der Waals surface area contributed by atoms with E-state index < -0.39 is 0 Å². The second-order valence-corrected chi connectivity index (χ2v) is 6.62. The van der Waals surface area contributed by atoms with Crippen LogP contribution in [0.5, 0.6) is 0 Å². The number of rotatable bonds is 13. The van der Waals surface area contributed by atoms with E-state index in [9.17, 15) is 0 Å². The Kier molecular flexibility index (Phi) is 12.3. The summed E-state index contributed by atoms with van der Waals surface area (Å²) >= 11 is 0. The van der Waals surface area contributed by atoms with Gasteiger partial charge in [-0.25, -0.2) is 0 Å².